The van der Waals surface area contributed by atoms with Gasteiger partial charge in [-0.05, 0) is 37.4 Å². The van der Waals surface area contributed by atoms with Gasteiger partial charge in [-0.25, -0.2) is 0 Å². The molecule has 0 radical (unpaired) electrons. The minimum absolute atomic E-state index is 0.213. The second-order valence-corrected chi connectivity index (χ2v) is 5.44. The molecule has 3 N–H and O–H groups in total. The van der Waals surface area contributed by atoms with Crippen molar-refractivity contribution in [2.45, 2.75) is 32.2 Å². The van der Waals surface area contributed by atoms with Gasteiger partial charge in [0.05, 0.1) is 0 Å². The summed E-state index contributed by atoms with van der Waals surface area (Å²) in [7, 11) is 0. The number of hydrogen-bond donors (Lipinski definition) is 2. The molecule has 2 rings (SSSR count). The lowest BCUT2D eigenvalue weighted by molar-refractivity contribution is 0.140. The summed E-state index contributed by atoms with van der Waals surface area (Å²) in [4.78, 5) is 2.45. The van der Waals surface area contributed by atoms with E-state index in [1.54, 1.807) is 0 Å². The second kappa shape index (κ2) is 6.57. The summed E-state index contributed by atoms with van der Waals surface area (Å²) >= 11 is 0. The molecule has 1 fully saturated rings. The maximum atomic E-state index is 8.82. The van der Waals surface area contributed by atoms with Crippen molar-refractivity contribution in [1.82, 2.24) is 4.90 Å². The molecule has 1 heterocycles. The second-order valence-electron chi connectivity index (χ2n) is 5.44. The summed E-state index contributed by atoms with van der Waals surface area (Å²) in [6.45, 7) is 4.47. The normalized spacial score (nSPS) is 20.4. The zero-order valence-corrected chi connectivity index (χ0v) is 11.5. The van der Waals surface area contributed by atoms with Crippen LogP contribution in [0.25, 0.3) is 0 Å². The lowest BCUT2D eigenvalue weighted by Gasteiger charge is -2.36. The molecule has 0 aliphatic carbocycles. The van der Waals surface area contributed by atoms with Gasteiger partial charge in [-0.3, -0.25) is 4.90 Å². The van der Waals surface area contributed by atoms with Gasteiger partial charge in [-0.2, -0.15) is 0 Å². The average molecular weight is 261 g/mol. The topological polar surface area (TPSA) is 61.8 Å². The van der Waals surface area contributed by atoms with Crippen LogP contribution < -0.4 is 5.73 Å². The van der Waals surface area contributed by atoms with Gasteiger partial charge >= 0.3 is 0 Å². The molecule has 0 aromatic heterocycles. The summed E-state index contributed by atoms with van der Waals surface area (Å²) in [5, 5.41) is 11.9. The summed E-state index contributed by atoms with van der Waals surface area (Å²) in [6, 6.07) is 10.6. The SMILES string of the molecule is CC1CCN(C(CC(N)=NO)c2ccccc2)CC1. The third-order valence-corrected chi connectivity index (χ3v) is 3.97. The van der Waals surface area contributed by atoms with Crippen molar-refractivity contribution in [2.24, 2.45) is 16.8 Å². The maximum Gasteiger partial charge on any atom is 0.141 e. The van der Waals surface area contributed by atoms with Crippen LogP contribution in [0.15, 0.2) is 35.5 Å². The number of amidine groups is 1. The van der Waals surface area contributed by atoms with E-state index >= 15 is 0 Å². The van der Waals surface area contributed by atoms with Gasteiger partial charge in [0.25, 0.3) is 0 Å². The Morgan fingerprint density at radius 2 is 2.00 bits per heavy atom. The number of benzene rings is 1. The molecule has 1 aliphatic heterocycles. The van der Waals surface area contributed by atoms with Gasteiger partial charge in [0.15, 0.2) is 0 Å². The molecule has 0 amide bonds. The molecule has 1 atom stereocenters. The van der Waals surface area contributed by atoms with E-state index in [1.165, 1.54) is 18.4 Å². The van der Waals surface area contributed by atoms with Crippen LogP contribution in [0.3, 0.4) is 0 Å². The van der Waals surface area contributed by atoms with Gasteiger partial charge in [-0.15, -0.1) is 0 Å². The van der Waals surface area contributed by atoms with Gasteiger partial charge in [-0.1, -0.05) is 42.4 Å². The summed E-state index contributed by atoms with van der Waals surface area (Å²) in [5.74, 6) is 1.10. The predicted molar refractivity (Wildman–Crippen MR) is 77.2 cm³/mol. The molecule has 1 aromatic rings. The molecule has 4 nitrogen and oxygen atoms in total. The molecule has 0 bridgehead atoms. The summed E-state index contributed by atoms with van der Waals surface area (Å²) in [5.41, 5.74) is 6.96. The van der Waals surface area contributed by atoms with Gasteiger partial charge < -0.3 is 10.9 Å². The monoisotopic (exact) mass is 261 g/mol. The van der Waals surface area contributed by atoms with E-state index in [4.69, 9.17) is 10.9 Å². The van der Waals surface area contributed by atoms with Crippen molar-refractivity contribution >= 4 is 5.84 Å². The van der Waals surface area contributed by atoms with Gasteiger partial charge in [0.1, 0.15) is 5.84 Å². The molecule has 0 saturated carbocycles. The zero-order chi connectivity index (χ0) is 13.7. The Labute approximate surface area is 114 Å². The Morgan fingerprint density at radius 3 is 2.58 bits per heavy atom. The first-order valence-electron chi connectivity index (χ1n) is 6.96. The van der Waals surface area contributed by atoms with E-state index in [0.717, 1.165) is 19.0 Å². The van der Waals surface area contributed by atoms with Gasteiger partial charge in [0.2, 0.25) is 0 Å². The highest BCUT2D eigenvalue weighted by molar-refractivity contribution is 5.80. The van der Waals surface area contributed by atoms with Crippen LogP contribution in [0.1, 0.15) is 37.8 Å². The molecule has 1 aliphatic rings. The van der Waals surface area contributed by atoms with E-state index in [2.05, 4.69) is 29.1 Å². The quantitative estimate of drug-likeness (QED) is 0.379. The first-order chi connectivity index (χ1) is 9.20. The molecule has 104 valence electrons. The standard InChI is InChI=1S/C15H23N3O/c1-12-7-9-18(10-8-12)14(11-15(16)17-19)13-5-3-2-4-6-13/h2-6,12,14,19H,7-11H2,1H3,(H2,16,17). The highest BCUT2D eigenvalue weighted by Gasteiger charge is 2.25. The third-order valence-electron chi connectivity index (χ3n) is 3.97. The minimum Gasteiger partial charge on any atom is -0.409 e. The molecule has 1 saturated heterocycles. The largest absolute Gasteiger partial charge is 0.409 e. The predicted octanol–water partition coefficient (Wildman–Crippen LogP) is 2.60. The van der Waals surface area contributed by atoms with Crippen LogP contribution in [0.5, 0.6) is 0 Å². The van der Waals surface area contributed by atoms with Crippen LogP contribution in [0.4, 0.5) is 0 Å². The summed E-state index contributed by atoms with van der Waals surface area (Å²) < 4.78 is 0. The number of rotatable bonds is 4. The number of nitrogens with two attached hydrogens (primary N) is 1. The van der Waals surface area contributed by atoms with Crippen LogP contribution in [0.2, 0.25) is 0 Å². The highest BCUT2D eigenvalue weighted by atomic mass is 16.4. The smallest absolute Gasteiger partial charge is 0.141 e. The molecule has 0 spiro atoms. The molecule has 1 aromatic carbocycles. The number of piperidine rings is 1. The van der Waals surface area contributed by atoms with Crippen LogP contribution in [-0.4, -0.2) is 29.0 Å². The Morgan fingerprint density at radius 1 is 1.37 bits per heavy atom. The van der Waals surface area contributed by atoms with E-state index in [1.807, 2.05) is 18.2 Å². The highest BCUT2D eigenvalue weighted by Crippen LogP contribution is 2.29. The van der Waals surface area contributed by atoms with Crippen molar-refractivity contribution in [3.8, 4) is 0 Å². The van der Waals surface area contributed by atoms with Crippen molar-refractivity contribution in [1.29, 1.82) is 0 Å². The average Bonchev–Trinajstić information content (AvgIpc) is 2.46. The fraction of sp³-hybridized carbons (Fsp3) is 0.533. The Kier molecular flexibility index (Phi) is 4.80. The molecular weight excluding hydrogens is 238 g/mol. The van der Waals surface area contributed by atoms with E-state index < -0.39 is 0 Å². The first kappa shape index (κ1) is 13.9. The third kappa shape index (κ3) is 3.70. The number of likely N-dealkylation sites (tertiary alicyclic amines) is 1. The van der Waals surface area contributed by atoms with Crippen molar-refractivity contribution in [3.63, 3.8) is 0 Å². The van der Waals surface area contributed by atoms with E-state index in [-0.39, 0.29) is 6.04 Å². The Balaban J connectivity index is 2.15. The van der Waals surface area contributed by atoms with E-state index in [0.29, 0.717) is 12.3 Å². The fourth-order valence-corrected chi connectivity index (χ4v) is 2.71. The molecule has 19 heavy (non-hydrogen) atoms. The number of nitrogens with zero attached hydrogens (tertiary/aromatic N) is 2. The number of oxime groups is 1. The fourth-order valence-electron chi connectivity index (χ4n) is 2.71. The van der Waals surface area contributed by atoms with Gasteiger partial charge in [0, 0.05) is 12.5 Å². The Hall–Kier alpha value is -1.55. The first-order valence-corrected chi connectivity index (χ1v) is 6.96. The maximum absolute atomic E-state index is 8.82. The lowest BCUT2D eigenvalue weighted by Crippen LogP contribution is -2.38. The Bertz CT molecular complexity index is 411. The minimum atomic E-state index is 0.213. The van der Waals surface area contributed by atoms with Crippen LogP contribution >= 0.6 is 0 Å². The summed E-state index contributed by atoms with van der Waals surface area (Å²) in [6.07, 6.45) is 3.02. The van der Waals surface area contributed by atoms with Crippen molar-refractivity contribution in [3.05, 3.63) is 35.9 Å². The molecular formula is C15H23N3O. The molecule has 1 unspecified atom stereocenters. The lowest BCUT2D eigenvalue weighted by atomic mass is 9.94. The van der Waals surface area contributed by atoms with Crippen molar-refractivity contribution < 1.29 is 5.21 Å². The van der Waals surface area contributed by atoms with Crippen LogP contribution in [0, 0.1) is 5.92 Å². The van der Waals surface area contributed by atoms with E-state index in [9.17, 15) is 0 Å². The van der Waals surface area contributed by atoms with Crippen LogP contribution in [-0.2, 0) is 0 Å². The molecule has 4 heteroatoms. The van der Waals surface area contributed by atoms with Crippen molar-refractivity contribution in [2.75, 3.05) is 13.1 Å². The number of hydrogen-bond acceptors (Lipinski definition) is 3. The zero-order valence-electron chi connectivity index (χ0n) is 11.5.